The van der Waals surface area contributed by atoms with Crippen LogP contribution in [0.2, 0.25) is 0 Å². The Labute approximate surface area is 325 Å². The van der Waals surface area contributed by atoms with E-state index in [1.54, 1.807) is 48.5 Å². The number of aromatic amines is 1. The van der Waals surface area contributed by atoms with E-state index in [-0.39, 0.29) is 39.3 Å². The third-order valence-corrected chi connectivity index (χ3v) is 8.70. The van der Waals surface area contributed by atoms with Gasteiger partial charge >= 0.3 is 24.2 Å². The van der Waals surface area contributed by atoms with Crippen LogP contribution in [0.4, 0.5) is 14.4 Å². The van der Waals surface area contributed by atoms with E-state index in [4.69, 9.17) is 24.7 Å². The van der Waals surface area contributed by atoms with Crippen molar-refractivity contribution in [3.05, 3.63) is 144 Å². The highest BCUT2D eigenvalue weighted by molar-refractivity contribution is 6.07. The number of carbonyl (C=O) groups excluding carboxylic acids is 4. The van der Waals surface area contributed by atoms with E-state index in [1.807, 2.05) is 72.9 Å². The first-order chi connectivity index (χ1) is 27.3. The number of aromatic nitrogens is 1. The van der Waals surface area contributed by atoms with E-state index >= 15 is 0 Å². The van der Waals surface area contributed by atoms with E-state index < -0.39 is 42.3 Å². The summed E-state index contributed by atoms with van der Waals surface area (Å²) in [6.07, 6.45) is 0.165. The molecule has 0 radical (unpaired) electrons. The number of guanidine groups is 1. The van der Waals surface area contributed by atoms with Crippen molar-refractivity contribution in [1.82, 2.24) is 20.5 Å². The minimum atomic E-state index is -1.06. The molecule has 5 N–H and O–H groups in total. The Balaban J connectivity index is 1.21. The minimum Gasteiger partial charge on any atom is -0.468 e. The summed E-state index contributed by atoms with van der Waals surface area (Å²) in [5.41, 5.74) is 10.4. The van der Waals surface area contributed by atoms with Gasteiger partial charge in [0.1, 0.15) is 25.9 Å². The smallest absolute Gasteiger partial charge is 0.426 e. The third-order valence-electron chi connectivity index (χ3n) is 8.70. The van der Waals surface area contributed by atoms with E-state index in [0.29, 0.717) is 28.9 Å². The van der Waals surface area contributed by atoms with Crippen LogP contribution >= 0.6 is 0 Å². The molecule has 14 heteroatoms. The molecular weight excluding hydrogens is 716 g/mol. The monoisotopic (exact) mass is 762 g/mol. The van der Waals surface area contributed by atoms with Gasteiger partial charge in [0.25, 0.3) is 0 Å². The molecule has 0 spiro atoms. The van der Waals surface area contributed by atoms with Crippen molar-refractivity contribution in [3.8, 4) is 0 Å². The maximum absolute atomic E-state index is 13.1. The normalized spacial score (nSPS) is 12.3. The lowest BCUT2D eigenvalue weighted by Gasteiger charge is -2.23. The van der Waals surface area contributed by atoms with Crippen LogP contribution in [-0.4, -0.2) is 72.4 Å². The number of fused-ring (bicyclic) bond motifs is 1. The van der Waals surface area contributed by atoms with Gasteiger partial charge in [-0.3, -0.25) is 9.79 Å². The predicted octanol–water partition coefficient (Wildman–Crippen LogP) is 6.21. The summed E-state index contributed by atoms with van der Waals surface area (Å²) in [4.78, 5) is 60.2. The van der Waals surface area contributed by atoms with Crippen molar-refractivity contribution >= 4 is 41.1 Å². The van der Waals surface area contributed by atoms with Gasteiger partial charge < -0.3 is 40.3 Å². The molecule has 292 valence electrons. The first kappa shape index (κ1) is 40.5. The second-order valence-corrected chi connectivity index (χ2v) is 12.7. The zero-order chi connectivity index (χ0) is 39.5. The number of alkyl carbamates (subject to hydrolysis) is 1. The molecule has 56 heavy (non-hydrogen) atoms. The lowest BCUT2D eigenvalue weighted by molar-refractivity contribution is -0.143. The molecule has 0 aliphatic heterocycles. The van der Waals surface area contributed by atoms with Crippen LogP contribution in [-0.2, 0) is 50.0 Å². The van der Waals surface area contributed by atoms with Crippen LogP contribution in [0.1, 0.15) is 35.1 Å². The van der Waals surface area contributed by atoms with Crippen LogP contribution in [0, 0.1) is 0 Å². The first-order valence-corrected chi connectivity index (χ1v) is 18.2. The maximum atomic E-state index is 13.1. The van der Waals surface area contributed by atoms with Crippen molar-refractivity contribution in [2.45, 2.75) is 51.2 Å². The summed E-state index contributed by atoms with van der Waals surface area (Å²) >= 11 is 0. The average molecular weight is 763 g/mol. The fourth-order valence-electron chi connectivity index (χ4n) is 5.79. The number of hydrogen-bond acceptors (Lipinski definition) is 10. The van der Waals surface area contributed by atoms with Crippen LogP contribution in [0.3, 0.4) is 0 Å². The summed E-state index contributed by atoms with van der Waals surface area (Å²) in [6.45, 7) is 0.116. The summed E-state index contributed by atoms with van der Waals surface area (Å²) in [5.74, 6) is -0.948. The molecular formula is C42H46N6O8. The van der Waals surface area contributed by atoms with Gasteiger partial charge in [-0.1, -0.05) is 109 Å². The molecule has 0 saturated carbocycles. The molecule has 14 nitrogen and oxygen atoms in total. The number of nitrogens with two attached hydrogens (primary N) is 1. The van der Waals surface area contributed by atoms with E-state index in [1.165, 1.54) is 7.11 Å². The molecule has 0 unspecified atom stereocenters. The average Bonchev–Trinajstić information content (AvgIpc) is 3.64. The van der Waals surface area contributed by atoms with Crippen molar-refractivity contribution < 1.29 is 38.1 Å². The molecule has 0 aliphatic rings. The van der Waals surface area contributed by atoms with Crippen molar-refractivity contribution in [1.29, 1.82) is 0 Å². The Morgan fingerprint density at radius 2 is 1.29 bits per heavy atom. The summed E-state index contributed by atoms with van der Waals surface area (Å²) in [6, 6.07) is 33.8. The number of hydrogen-bond donors (Lipinski definition) is 4. The largest absolute Gasteiger partial charge is 0.468 e. The Kier molecular flexibility index (Phi) is 15.4. The first-order valence-electron chi connectivity index (χ1n) is 18.2. The SMILES string of the molecule is COC(=O)[C@H](CCCN=C(N)N(C(=O)OCc1ccccc1)C(=O)OCc1ccccc1)NC[C@H](Cc1c[nH]c2ccccc12)NC(=O)OCc1ccccc1. The number of rotatable bonds is 17. The topological polar surface area (TPSA) is 187 Å². The molecule has 0 saturated heterocycles. The molecule has 0 fully saturated rings. The van der Waals surface area contributed by atoms with Gasteiger partial charge in [-0.15, -0.1) is 4.90 Å². The molecule has 5 aromatic rings. The van der Waals surface area contributed by atoms with Gasteiger partial charge in [-0.25, -0.2) is 14.4 Å². The maximum Gasteiger partial charge on any atom is 0.426 e. The molecule has 0 bridgehead atoms. The number of esters is 1. The molecule has 1 heterocycles. The lowest BCUT2D eigenvalue weighted by atomic mass is 10.0. The third kappa shape index (κ3) is 12.5. The van der Waals surface area contributed by atoms with Crippen molar-refractivity contribution in [3.63, 3.8) is 0 Å². The zero-order valence-corrected chi connectivity index (χ0v) is 31.1. The van der Waals surface area contributed by atoms with Gasteiger partial charge in [0, 0.05) is 36.2 Å². The van der Waals surface area contributed by atoms with Gasteiger partial charge in [0.05, 0.1) is 7.11 Å². The number of benzene rings is 4. The predicted molar refractivity (Wildman–Crippen MR) is 210 cm³/mol. The van der Waals surface area contributed by atoms with Gasteiger partial charge in [-0.05, 0) is 47.6 Å². The second kappa shape index (κ2) is 21.3. The molecule has 3 amide bonds. The Morgan fingerprint density at radius 1 is 0.750 bits per heavy atom. The van der Waals surface area contributed by atoms with Gasteiger partial charge in [0.2, 0.25) is 5.96 Å². The quantitative estimate of drug-likeness (QED) is 0.0279. The number of ether oxygens (including phenoxy) is 4. The molecule has 2 atom stereocenters. The van der Waals surface area contributed by atoms with Crippen LogP contribution in [0.25, 0.3) is 10.9 Å². The van der Waals surface area contributed by atoms with E-state index in [0.717, 1.165) is 22.0 Å². The Bertz CT molecular complexity index is 1990. The van der Waals surface area contributed by atoms with E-state index in [2.05, 4.69) is 20.6 Å². The van der Waals surface area contributed by atoms with Crippen molar-refractivity contribution in [2.75, 3.05) is 20.2 Å². The number of aliphatic imine (C=N–C) groups is 1. The number of imide groups is 1. The number of H-pyrrole nitrogens is 1. The van der Waals surface area contributed by atoms with Crippen LogP contribution < -0.4 is 16.4 Å². The van der Waals surface area contributed by atoms with Gasteiger partial charge in [-0.2, -0.15) is 0 Å². The Morgan fingerprint density at radius 3 is 1.86 bits per heavy atom. The zero-order valence-electron chi connectivity index (χ0n) is 31.1. The highest BCUT2D eigenvalue weighted by Crippen LogP contribution is 2.19. The second-order valence-electron chi connectivity index (χ2n) is 12.7. The summed E-state index contributed by atoms with van der Waals surface area (Å²) in [5, 5.41) is 7.18. The standard InChI is InChI=1S/C42H46N6O8/c1-53-38(49)37(46-26-34(24-33-25-45-36-21-12-11-20-35(33)36)47-40(50)54-27-30-14-5-2-6-15-30)22-13-23-44-39(43)48(41(51)55-28-31-16-7-3-8-17-31)42(52)56-29-32-18-9-4-10-19-32/h2-12,14-21,25,34,37,45-46H,13,22-24,26-29H2,1H3,(H2,43,44)(H,47,50)/t34-,37-/m0/s1. The number of carbonyl (C=O) groups is 4. The molecule has 1 aromatic heterocycles. The molecule has 0 aliphatic carbocycles. The van der Waals surface area contributed by atoms with Crippen LogP contribution in [0.15, 0.2) is 126 Å². The summed E-state index contributed by atoms with van der Waals surface area (Å²) in [7, 11) is 1.29. The van der Waals surface area contributed by atoms with Crippen molar-refractivity contribution in [2.24, 2.45) is 10.7 Å². The highest BCUT2D eigenvalue weighted by Gasteiger charge is 2.29. The number of nitrogens with one attached hydrogen (secondary N) is 3. The molecule has 5 rings (SSSR count). The summed E-state index contributed by atoms with van der Waals surface area (Å²) < 4.78 is 21.3. The molecule has 4 aromatic carbocycles. The van der Waals surface area contributed by atoms with E-state index in [9.17, 15) is 19.2 Å². The number of amides is 3. The van der Waals surface area contributed by atoms with Crippen LogP contribution in [0.5, 0.6) is 0 Å². The number of para-hydroxylation sites is 1. The number of methoxy groups -OCH3 is 1. The Hall–Kier alpha value is -6.67. The fraction of sp³-hybridized carbons (Fsp3) is 0.262. The number of nitrogens with zero attached hydrogens (tertiary/aromatic N) is 2. The van der Waals surface area contributed by atoms with Gasteiger partial charge in [0.15, 0.2) is 0 Å². The highest BCUT2D eigenvalue weighted by atomic mass is 16.6. The fourth-order valence-corrected chi connectivity index (χ4v) is 5.79. The lowest BCUT2D eigenvalue weighted by Crippen LogP contribution is -2.48. The minimum absolute atomic E-state index is 0.0399.